The summed E-state index contributed by atoms with van der Waals surface area (Å²) in [5.74, 6) is -0.187. The lowest BCUT2D eigenvalue weighted by atomic mass is 10.1. The minimum atomic E-state index is -0.379. The van der Waals surface area contributed by atoms with E-state index < -0.39 is 0 Å². The van der Waals surface area contributed by atoms with Crippen LogP contribution in [0.1, 0.15) is 28.4 Å². The first-order chi connectivity index (χ1) is 10.6. The Bertz CT molecular complexity index is 780. The van der Waals surface area contributed by atoms with Crippen LogP contribution in [0.4, 0.5) is 4.39 Å². The van der Waals surface area contributed by atoms with Crippen molar-refractivity contribution in [1.82, 2.24) is 5.32 Å². The number of thiophene rings is 1. The zero-order chi connectivity index (χ0) is 15.5. The second-order valence-electron chi connectivity index (χ2n) is 4.85. The predicted octanol–water partition coefficient (Wildman–Crippen LogP) is 4.64. The Kier molecular flexibility index (Phi) is 4.06. The molecule has 3 nitrogen and oxygen atoms in total. The summed E-state index contributed by atoms with van der Waals surface area (Å²) in [5.41, 5.74) is 0.341. The molecule has 0 aliphatic carbocycles. The Balaban J connectivity index is 1.76. The van der Waals surface area contributed by atoms with E-state index in [0.717, 1.165) is 4.88 Å². The van der Waals surface area contributed by atoms with Crippen molar-refractivity contribution >= 4 is 17.2 Å². The van der Waals surface area contributed by atoms with Gasteiger partial charge in [0.05, 0.1) is 11.6 Å². The Morgan fingerprint density at radius 3 is 2.73 bits per heavy atom. The van der Waals surface area contributed by atoms with Crippen LogP contribution in [0.3, 0.4) is 0 Å². The molecule has 1 amide bonds. The van der Waals surface area contributed by atoms with E-state index in [2.05, 4.69) is 5.32 Å². The van der Waals surface area contributed by atoms with Gasteiger partial charge in [-0.25, -0.2) is 4.39 Å². The molecule has 0 aliphatic heterocycles. The summed E-state index contributed by atoms with van der Waals surface area (Å²) in [6.07, 6.45) is 0. The van der Waals surface area contributed by atoms with E-state index in [1.165, 1.54) is 6.07 Å². The van der Waals surface area contributed by atoms with Crippen molar-refractivity contribution in [2.45, 2.75) is 13.0 Å². The van der Waals surface area contributed by atoms with Crippen LogP contribution in [0, 0.1) is 5.82 Å². The number of hydrogen-bond donors (Lipinski definition) is 1. The number of halogens is 1. The molecule has 0 saturated carbocycles. The Hall–Kier alpha value is -2.40. The van der Waals surface area contributed by atoms with Gasteiger partial charge in [0.2, 0.25) is 0 Å². The van der Waals surface area contributed by atoms with Gasteiger partial charge in [0.1, 0.15) is 11.6 Å². The van der Waals surface area contributed by atoms with Crippen molar-refractivity contribution in [3.8, 4) is 11.3 Å². The lowest BCUT2D eigenvalue weighted by molar-refractivity contribution is 0.0913. The highest BCUT2D eigenvalue weighted by Gasteiger charge is 2.17. The summed E-state index contributed by atoms with van der Waals surface area (Å²) >= 11 is 1.58. The Labute approximate surface area is 131 Å². The van der Waals surface area contributed by atoms with E-state index in [0.29, 0.717) is 11.3 Å². The van der Waals surface area contributed by atoms with Crippen molar-refractivity contribution in [3.05, 3.63) is 70.4 Å². The van der Waals surface area contributed by atoms with Gasteiger partial charge in [0.15, 0.2) is 5.76 Å². The molecule has 0 radical (unpaired) electrons. The molecule has 0 saturated heterocycles. The van der Waals surface area contributed by atoms with E-state index in [4.69, 9.17) is 4.42 Å². The summed E-state index contributed by atoms with van der Waals surface area (Å²) in [5, 5.41) is 4.82. The van der Waals surface area contributed by atoms with Crippen LogP contribution < -0.4 is 5.32 Å². The van der Waals surface area contributed by atoms with Gasteiger partial charge in [0, 0.05) is 4.88 Å². The lowest BCUT2D eigenvalue weighted by Crippen LogP contribution is -2.25. The number of carbonyl (C=O) groups excluding carboxylic acids is 1. The van der Waals surface area contributed by atoms with E-state index in [1.807, 2.05) is 24.4 Å². The van der Waals surface area contributed by atoms with Gasteiger partial charge in [-0.2, -0.15) is 0 Å². The minimum Gasteiger partial charge on any atom is -0.451 e. The number of hydrogen-bond acceptors (Lipinski definition) is 3. The molecule has 1 aromatic carbocycles. The Morgan fingerprint density at radius 2 is 2.00 bits per heavy atom. The molecule has 1 atom stereocenters. The maximum absolute atomic E-state index is 13.7. The maximum atomic E-state index is 13.7. The molecule has 3 aromatic rings. The third kappa shape index (κ3) is 2.94. The van der Waals surface area contributed by atoms with Crippen molar-refractivity contribution < 1.29 is 13.6 Å². The molecule has 0 spiro atoms. The predicted molar refractivity (Wildman–Crippen MR) is 84.3 cm³/mol. The average molecular weight is 315 g/mol. The molecule has 22 heavy (non-hydrogen) atoms. The van der Waals surface area contributed by atoms with Gasteiger partial charge in [0.25, 0.3) is 5.91 Å². The summed E-state index contributed by atoms with van der Waals surface area (Å²) in [6, 6.07) is 13.3. The van der Waals surface area contributed by atoms with Crippen molar-refractivity contribution in [2.24, 2.45) is 0 Å². The van der Waals surface area contributed by atoms with Crippen LogP contribution in [0.2, 0.25) is 0 Å². The van der Waals surface area contributed by atoms with Crippen molar-refractivity contribution in [1.29, 1.82) is 0 Å². The largest absolute Gasteiger partial charge is 0.451 e. The summed E-state index contributed by atoms with van der Waals surface area (Å²) < 4.78 is 19.2. The SMILES string of the molecule is C[C@@H](NC(=O)c1ccc(-c2ccccc2F)o1)c1cccs1. The van der Waals surface area contributed by atoms with Gasteiger partial charge in [-0.05, 0) is 42.6 Å². The number of rotatable bonds is 4. The monoisotopic (exact) mass is 315 g/mol. The van der Waals surface area contributed by atoms with Crippen LogP contribution >= 0.6 is 11.3 Å². The molecule has 112 valence electrons. The zero-order valence-corrected chi connectivity index (χ0v) is 12.7. The second-order valence-corrected chi connectivity index (χ2v) is 5.83. The number of benzene rings is 1. The van der Waals surface area contributed by atoms with E-state index >= 15 is 0 Å². The van der Waals surface area contributed by atoms with Gasteiger partial charge in [-0.3, -0.25) is 4.79 Å². The number of carbonyl (C=O) groups is 1. The fraction of sp³-hybridized carbons (Fsp3) is 0.118. The van der Waals surface area contributed by atoms with Gasteiger partial charge in [-0.1, -0.05) is 18.2 Å². The maximum Gasteiger partial charge on any atom is 0.287 e. The summed E-state index contributed by atoms with van der Waals surface area (Å²) in [6.45, 7) is 1.91. The lowest BCUT2D eigenvalue weighted by Gasteiger charge is -2.10. The third-order valence-corrected chi connectivity index (χ3v) is 4.34. The molecule has 5 heteroatoms. The number of amides is 1. The first-order valence-corrected chi connectivity index (χ1v) is 7.72. The van der Waals surface area contributed by atoms with Crippen molar-refractivity contribution in [2.75, 3.05) is 0 Å². The third-order valence-electron chi connectivity index (χ3n) is 3.29. The summed E-state index contributed by atoms with van der Waals surface area (Å²) in [4.78, 5) is 13.2. The highest BCUT2D eigenvalue weighted by atomic mass is 32.1. The van der Waals surface area contributed by atoms with E-state index in [1.54, 1.807) is 41.7 Å². The first kappa shape index (κ1) is 14.5. The van der Waals surface area contributed by atoms with Gasteiger partial charge in [-0.15, -0.1) is 11.3 Å². The second kappa shape index (κ2) is 6.15. The molecule has 0 fully saturated rings. The quantitative estimate of drug-likeness (QED) is 0.762. The fourth-order valence-corrected chi connectivity index (χ4v) is 2.88. The zero-order valence-electron chi connectivity index (χ0n) is 11.9. The molecular formula is C17H14FNO2S. The molecule has 2 aromatic heterocycles. The molecule has 0 aliphatic rings. The minimum absolute atomic E-state index is 0.102. The first-order valence-electron chi connectivity index (χ1n) is 6.84. The van der Waals surface area contributed by atoms with E-state index in [9.17, 15) is 9.18 Å². The average Bonchev–Trinajstić information content (AvgIpc) is 3.19. The van der Waals surface area contributed by atoms with Gasteiger partial charge < -0.3 is 9.73 Å². The van der Waals surface area contributed by atoms with Crippen LogP contribution in [-0.2, 0) is 0 Å². The van der Waals surface area contributed by atoms with Gasteiger partial charge >= 0.3 is 0 Å². The molecule has 3 rings (SSSR count). The van der Waals surface area contributed by atoms with Crippen molar-refractivity contribution in [3.63, 3.8) is 0 Å². The normalized spacial score (nSPS) is 12.1. The molecule has 0 bridgehead atoms. The molecular weight excluding hydrogens is 301 g/mol. The highest BCUT2D eigenvalue weighted by Crippen LogP contribution is 2.25. The highest BCUT2D eigenvalue weighted by molar-refractivity contribution is 7.10. The summed E-state index contributed by atoms with van der Waals surface area (Å²) in [7, 11) is 0. The smallest absolute Gasteiger partial charge is 0.287 e. The Morgan fingerprint density at radius 1 is 1.18 bits per heavy atom. The van der Waals surface area contributed by atoms with Crippen LogP contribution in [0.15, 0.2) is 58.3 Å². The molecule has 0 unspecified atom stereocenters. The fourth-order valence-electron chi connectivity index (χ4n) is 2.14. The standard InChI is InChI=1S/C17H14FNO2S/c1-11(16-7-4-10-22-16)19-17(20)15-9-8-14(21-15)12-5-2-3-6-13(12)18/h2-11H,1H3,(H,19,20)/t11-/m1/s1. The number of furan rings is 1. The molecule has 1 N–H and O–H groups in total. The molecule has 2 heterocycles. The van der Waals surface area contributed by atoms with Crippen LogP contribution in [-0.4, -0.2) is 5.91 Å². The van der Waals surface area contributed by atoms with E-state index in [-0.39, 0.29) is 23.5 Å². The topological polar surface area (TPSA) is 42.2 Å². The van der Waals surface area contributed by atoms with Crippen LogP contribution in [0.5, 0.6) is 0 Å². The number of nitrogens with one attached hydrogen (secondary N) is 1. The van der Waals surface area contributed by atoms with Crippen LogP contribution in [0.25, 0.3) is 11.3 Å².